The van der Waals surface area contributed by atoms with Crippen LogP contribution in [0.1, 0.15) is 22.3 Å². The van der Waals surface area contributed by atoms with Crippen molar-refractivity contribution in [3.8, 4) is 0 Å². The number of methoxy groups -OCH3 is 2. The SMILES string of the molecule is COC(=O)c1ccc2c(c1)CCC(OC)=N2. The molecule has 0 N–H and O–H groups in total. The van der Waals surface area contributed by atoms with E-state index in [0.717, 1.165) is 30.0 Å². The largest absolute Gasteiger partial charge is 0.484 e. The van der Waals surface area contributed by atoms with Gasteiger partial charge < -0.3 is 9.47 Å². The summed E-state index contributed by atoms with van der Waals surface area (Å²) in [5.41, 5.74) is 2.50. The number of nitrogens with zero attached hydrogens (tertiary/aromatic N) is 1. The Kier molecular flexibility index (Phi) is 2.90. The first-order chi connectivity index (χ1) is 7.74. The van der Waals surface area contributed by atoms with Crippen LogP contribution in [0.15, 0.2) is 23.2 Å². The minimum atomic E-state index is -0.315. The first-order valence-electron chi connectivity index (χ1n) is 5.07. The smallest absolute Gasteiger partial charge is 0.337 e. The van der Waals surface area contributed by atoms with E-state index in [1.165, 1.54) is 7.11 Å². The molecule has 0 saturated heterocycles. The number of aliphatic imine (C=N–C) groups is 1. The molecule has 2 rings (SSSR count). The average Bonchev–Trinajstić information content (AvgIpc) is 2.36. The molecule has 0 atom stereocenters. The second kappa shape index (κ2) is 4.35. The molecule has 16 heavy (non-hydrogen) atoms. The molecule has 1 aliphatic rings. The van der Waals surface area contributed by atoms with Crippen molar-refractivity contribution < 1.29 is 14.3 Å². The van der Waals surface area contributed by atoms with Gasteiger partial charge in [0.2, 0.25) is 0 Å². The average molecular weight is 219 g/mol. The summed E-state index contributed by atoms with van der Waals surface area (Å²) in [6.45, 7) is 0. The Morgan fingerprint density at radius 2 is 2.12 bits per heavy atom. The summed E-state index contributed by atoms with van der Waals surface area (Å²) in [7, 11) is 3.00. The number of carbonyl (C=O) groups excluding carboxylic acids is 1. The van der Waals surface area contributed by atoms with Crippen molar-refractivity contribution in [2.24, 2.45) is 4.99 Å². The summed E-state index contributed by atoms with van der Waals surface area (Å²) in [4.78, 5) is 15.7. The minimum Gasteiger partial charge on any atom is -0.484 e. The molecule has 84 valence electrons. The van der Waals surface area contributed by atoms with Crippen LogP contribution in [-0.4, -0.2) is 26.1 Å². The van der Waals surface area contributed by atoms with Crippen LogP contribution in [0.2, 0.25) is 0 Å². The lowest BCUT2D eigenvalue weighted by Crippen LogP contribution is -2.09. The Balaban J connectivity index is 2.35. The highest BCUT2D eigenvalue weighted by Gasteiger charge is 2.14. The summed E-state index contributed by atoms with van der Waals surface area (Å²) in [6, 6.07) is 5.36. The molecule has 1 aromatic carbocycles. The standard InChI is InChI=1S/C12H13NO3/c1-15-11-6-4-8-7-9(12(14)16-2)3-5-10(8)13-11/h3,5,7H,4,6H2,1-2H3. The van der Waals surface area contributed by atoms with Gasteiger partial charge in [-0.1, -0.05) is 0 Å². The Hall–Kier alpha value is -1.84. The number of aryl methyl sites for hydroxylation is 1. The lowest BCUT2D eigenvalue weighted by Gasteiger charge is -2.14. The van der Waals surface area contributed by atoms with E-state index < -0.39 is 0 Å². The van der Waals surface area contributed by atoms with Gasteiger partial charge in [-0.25, -0.2) is 9.79 Å². The fourth-order valence-electron chi connectivity index (χ4n) is 1.72. The van der Waals surface area contributed by atoms with Gasteiger partial charge in [-0.2, -0.15) is 0 Å². The molecule has 1 heterocycles. The number of esters is 1. The molecule has 0 aliphatic carbocycles. The van der Waals surface area contributed by atoms with E-state index in [1.54, 1.807) is 13.2 Å². The fraction of sp³-hybridized carbons (Fsp3) is 0.333. The molecule has 1 aromatic rings. The van der Waals surface area contributed by atoms with Crippen molar-refractivity contribution in [1.82, 2.24) is 0 Å². The van der Waals surface area contributed by atoms with Crippen molar-refractivity contribution in [3.05, 3.63) is 29.3 Å². The molecular formula is C12H13NO3. The van der Waals surface area contributed by atoms with E-state index in [4.69, 9.17) is 4.74 Å². The van der Waals surface area contributed by atoms with Gasteiger partial charge in [0.15, 0.2) is 5.90 Å². The number of hydrogen-bond donors (Lipinski definition) is 0. The Morgan fingerprint density at radius 1 is 1.31 bits per heavy atom. The van der Waals surface area contributed by atoms with Crippen molar-refractivity contribution in [1.29, 1.82) is 0 Å². The number of benzene rings is 1. The fourth-order valence-corrected chi connectivity index (χ4v) is 1.72. The van der Waals surface area contributed by atoms with E-state index in [1.807, 2.05) is 12.1 Å². The van der Waals surface area contributed by atoms with Crippen LogP contribution in [-0.2, 0) is 15.9 Å². The zero-order valence-electron chi connectivity index (χ0n) is 9.32. The topological polar surface area (TPSA) is 47.9 Å². The third-order valence-corrected chi connectivity index (χ3v) is 2.59. The zero-order valence-corrected chi connectivity index (χ0v) is 9.32. The molecule has 0 spiro atoms. The molecule has 0 aromatic heterocycles. The Labute approximate surface area is 93.9 Å². The Morgan fingerprint density at radius 3 is 2.81 bits per heavy atom. The molecule has 0 radical (unpaired) electrons. The first-order valence-corrected chi connectivity index (χ1v) is 5.07. The van der Waals surface area contributed by atoms with Gasteiger partial charge in [-0.05, 0) is 30.2 Å². The lowest BCUT2D eigenvalue weighted by atomic mass is 10.0. The van der Waals surface area contributed by atoms with E-state index in [-0.39, 0.29) is 5.97 Å². The highest BCUT2D eigenvalue weighted by atomic mass is 16.5. The maximum Gasteiger partial charge on any atom is 0.337 e. The van der Waals surface area contributed by atoms with Crippen molar-refractivity contribution in [2.45, 2.75) is 12.8 Å². The molecule has 0 bridgehead atoms. The summed E-state index contributed by atoms with van der Waals surface area (Å²) in [5, 5.41) is 0. The van der Waals surface area contributed by atoms with Gasteiger partial charge in [0.25, 0.3) is 0 Å². The second-order valence-electron chi connectivity index (χ2n) is 3.54. The number of rotatable bonds is 1. The quantitative estimate of drug-likeness (QED) is 0.679. The predicted octanol–water partition coefficient (Wildman–Crippen LogP) is 2.10. The van der Waals surface area contributed by atoms with Crippen LogP contribution < -0.4 is 0 Å². The molecule has 4 nitrogen and oxygen atoms in total. The van der Waals surface area contributed by atoms with Crippen molar-refractivity contribution in [3.63, 3.8) is 0 Å². The summed E-state index contributed by atoms with van der Waals surface area (Å²) in [6.07, 6.45) is 1.61. The molecule has 4 heteroatoms. The third kappa shape index (κ3) is 1.91. The van der Waals surface area contributed by atoms with Crippen LogP contribution in [0.4, 0.5) is 5.69 Å². The maximum atomic E-state index is 11.3. The van der Waals surface area contributed by atoms with Gasteiger partial charge >= 0.3 is 5.97 Å². The van der Waals surface area contributed by atoms with Crippen LogP contribution >= 0.6 is 0 Å². The lowest BCUT2D eigenvalue weighted by molar-refractivity contribution is 0.0600. The van der Waals surface area contributed by atoms with Crippen molar-refractivity contribution >= 4 is 17.6 Å². The van der Waals surface area contributed by atoms with E-state index >= 15 is 0 Å². The van der Waals surface area contributed by atoms with Crippen molar-refractivity contribution in [2.75, 3.05) is 14.2 Å². The number of carbonyl (C=O) groups is 1. The highest BCUT2D eigenvalue weighted by Crippen LogP contribution is 2.27. The van der Waals surface area contributed by atoms with E-state index in [2.05, 4.69) is 9.73 Å². The van der Waals surface area contributed by atoms with Gasteiger partial charge in [0.1, 0.15) is 0 Å². The molecule has 0 saturated carbocycles. The third-order valence-electron chi connectivity index (χ3n) is 2.59. The minimum absolute atomic E-state index is 0.315. The monoisotopic (exact) mass is 219 g/mol. The van der Waals surface area contributed by atoms with Crippen LogP contribution in [0.3, 0.4) is 0 Å². The molecule has 1 aliphatic heterocycles. The summed E-state index contributed by atoms with van der Waals surface area (Å²) in [5.74, 6) is 0.419. The van der Waals surface area contributed by atoms with Gasteiger partial charge in [-0.3, -0.25) is 0 Å². The number of hydrogen-bond acceptors (Lipinski definition) is 4. The molecule has 0 amide bonds. The van der Waals surface area contributed by atoms with E-state index in [0.29, 0.717) is 5.56 Å². The summed E-state index contributed by atoms with van der Waals surface area (Å²) < 4.78 is 9.78. The van der Waals surface area contributed by atoms with Gasteiger partial charge in [0, 0.05) is 6.42 Å². The molecular weight excluding hydrogens is 206 g/mol. The zero-order chi connectivity index (χ0) is 11.5. The van der Waals surface area contributed by atoms with Gasteiger partial charge in [0.05, 0.1) is 25.5 Å². The first kappa shape index (κ1) is 10.7. The highest BCUT2D eigenvalue weighted by molar-refractivity contribution is 5.91. The second-order valence-corrected chi connectivity index (χ2v) is 3.54. The maximum absolute atomic E-state index is 11.3. The molecule has 0 unspecified atom stereocenters. The van der Waals surface area contributed by atoms with Gasteiger partial charge in [-0.15, -0.1) is 0 Å². The molecule has 0 fully saturated rings. The normalized spacial score (nSPS) is 13.8. The Bertz CT molecular complexity index is 452. The summed E-state index contributed by atoms with van der Waals surface area (Å²) >= 11 is 0. The predicted molar refractivity (Wildman–Crippen MR) is 60.2 cm³/mol. The number of ether oxygens (including phenoxy) is 2. The van der Waals surface area contributed by atoms with Crippen LogP contribution in [0.5, 0.6) is 0 Å². The van der Waals surface area contributed by atoms with Crippen LogP contribution in [0.25, 0.3) is 0 Å². The van der Waals surface area contributed by atoms with E-state index in [9.17, 15) is 4.79 Å². The van der Waals surface area contributed by atoms with Crippen LogP contribution in [0, 0.1) is 0 Å². The number of fused-ring (bicyclic) bond motifs is 1.